The van der Waals surface area contributed by atoms with E-state index in [0.29, 0.717) is 31.0 Å². The van der Waals surface area contributed by atoms with Gasteiger partial charge in [-0.3, -0.25) is 4.79 Å². The van der Waals surface area contributed by atoms with Gasteiger partial charge in [0.2, 0.25) is 5.91 Å². The maximum absolute atomic E-state index is 13.3. The molecule has 2 aromatic rings. The van der Waals surface area contributed by atoms with E-state index in [-0.39, 0.29) is 18.0 Å². The number of fused-ring (bicyclic) bond motifs is 1. The van der Waals surface area contributed by atoms with Crippen molar-refractivity contribution in [2.45, 2.75) is 25.4 Å². The van der Waals surface area contributed by atoms with Crippen molar-refractivity contribution in [3.8, 4) is 17.2 Å². The molecule has 2 aromatic carbocycles. The van der Waals surface area contributed by atoms with Crippen molar-refractivity contribution in [3.63, 3.8) is 0 Å². The van der Waals surface area contributed by atoms with Gasteiger partial charge in [-0.25, -0.2) is 4.79 Å². The maximum Gasteiger partial charge on any atom is 0.318 e. The van der Waals surface area contributed by atoms with Crippen molar-refractivity contribution >= 4 is 11.9 Å². The highest BCUT2D eigenvalue weighted by Gasteiger charge is 2.34. The molecule has 0 unspecified atom stereocenters. The lowest BCUT2D eigenvalue weighted by molar-refractivity contribution is -0.122. The lowest BCUT2D eigenvalue weighted by atomic mass is 9.87. The zero-order valence-electron chi connectivity index (χ0n) is 19.5. The lowest BCUT2D eigenvalue weighted by Crippen LogP contribution is -2.52. The van der Waals surface area contributed by atoms with Gasteiger partial charge in [-0.05, 0) is 54.3 Å². The second kappa shape index (κ2) is 10.8. The van der Waals surface area contributed by atoms with Crippen LogP contribution in [0.2, 0.25) is 0 Å². The van der Waals surface area contributed by atoms with Crippen molar-refractivity contribution in [3.05, 3.63) is 65.7 Å². The fourth-order valence-electron chi connectivity index (χ4n) is 3.97. The van der Waals surface area contributed by atoms with Crippen molar-refractivity contribution in [2.24, 2.45) is 0 Å². The molecule has 0 saturated heterocycles. The van der Waals surface area contributed by atoms with Crippen molar-refractivity contribution in [1.82, 2.24) is 15.5 Å². The molecule has 2 N–H and O–H groups in total. The Morgan fingerprint density at radius 1 is 1.12 bits per heavy atom. The summed E-state index contributed by atoms with van der Waals surface area (Å²) in [6.45, 7) is 6.07. The highest BCUT2D eigenvalue weighted by Crippen LogP contribution is 2.41. The molecule has 3 rings (SSSR count). The molecule has 0 bridgehead atoms. The first-order valence-electron chi connectivity index (χ1n) is 10.8. The van der Waals surface area contributed by atoms with E-state index in [2.05, 4.69) is 17.2 Å². The Morgan fingerprint density at radius 2 is 1.79 bits per heavy atom. The molecule has 0 aromatic heterocycles. The highest BCUT2D eigenvalue weighted by molar-refractivity contribution is 5.87. The zero-order chi connectivity index (χ0) is 24.0. The van der Waals surface area contributed by atoms with E-state index in [1.807, 2.05) is 36.4 Å². The SMILES string of the molecule is C=CCNC(=O)[C@H](C)NC(=O)N1CCc2cc(OC)c(OC)cc2[C@H]1c1ccc(OC)cc1. The van der Waals surface area contributed by atoms with Gasteiger partial charge in [0.05, 0.1) is 27.4 Å². The van der Waals surface area contributed by atoms with Crippen LogP contribution in [0.1, 0.15) is 29.7 Å². The number of hydrogen-bond donors (Lipinski definition) is 2. The summed E-state index contributed by atoms with van der Waals surface area (Å²) in [5.41, 5.74) is 2.94. The van der Waals surface area contributed by atoms with Crippen LogP contribution in [0.25, 0.3) is 0 Å². The van der Waals surface area contributed by atoms with Gasteiger partial charge in [0, 0.05) is 13.1 Å². The minimum absolute atomic E-state index is 0.270. The normalized spacial score (nSPS) is 15.6. The standard InChI is InChI=1S/C25H31N3O5/c1-6-12-26-24(29)16(2)27-25(30)28-13-11-18-14-21(32-4)22(33-5)15-20(18)23(28)17-7-9-19(31-3)10-8-17/h6-10,14-16,23H,1,11-13H2,2-5H3,(H,26,29)(H,27,30)/t16-,23+/m0/s1. The summed E-state index contributed by atoms with van der Waals surface area (Å²) in [7, 11) is 4.80. The van der Waals surface area contributed by atoms with E-state index in [1.165, 1.54) is 0 Å². The molecule has 0 aliphatic carbocycles. The number of ether oxygens (including phenoxy) is 3. The largest absolute Gasteiger partial charge is 0.497 e. The molecule has 3 amide bonds. The number of benzene rings is 2. The molecule has 8 heteroatoms. The van der Waals surface area contributed by atoms with Crippen LogP contribution in [0.4, 0.5) is 4.79 Å². The molecular weight excluding hydrogens is 422 g/mol. The van der Waals surface area contributed by atoms with E-state index in [0.717, 1.165) is 22.4 Å². The predicted octanol–water partition coefficient (Wildman–Crippen LogP) is 3.06. The topological polar surface area (TPSA) is 89.1 Å². The molecule has 8 nitrogen and oxygen atoms in total. The van der Waals surface area contributed by atoms with Crippen LogP contribution in [0, 0.1) is 0 Å². The number of nitrogens with one attached hydrogen (secondary N) is 2. The Bertz CT molecular complexity index is 1010. The first-order chi connectivity index (χ1) is 15.9. The van der Waals surface area contributed by atoms with Crippen LogP contribution < -0.4 is 24.8 Å². The molecular formula is C25H31N3O5. The summed E-state index contributed by atoms with van der Waals surface area (Å²) in [5.74, 6) is 1.70. The van der Waals surface area contributed by atoms with Crippen molar-refractivity contribution < 1.29 is 23.8 Å². The van der Waals surface area contributed by atoms with Gasteiger partial charge in [-0.2, -0.15) is 0 Å². The van der Waals surface area contributed by atoms with Crippen LogP contribution in [-0.4, -0.2) is 57.3 Å². The number of rotatable bonds is 8. The van der Waals surface area contributed by atoms with Crippen LogP contribution in [0.5, 0.6) is 17.2 Å². The Hall–Kier alpha value is -3.68. The van der Waals surface area contributed by atoms with Crippen LogP contribution in [-0.2, 0) is 11.2 Å². The smallest absolute Gasteiger partial charge is 0.318 e. The minimum atomic E-state index is -0.694. The second-order valence-electron chi connectivity index (χ2n) is 7.73. The second-order valence-corrected chi connectivity index (χ2v) is 7.73. The van der Waals surface area contributed by atoms with Gasteiger partial charge >= 0.3 is 6.03 Å². The van der Waals surface area contributed by atoms with Crippen LogP contribution in [0.3, 0.4) is 0 Å². The third-order valence-electron chi connectivity index (χ3n) is 5.72. The summed E-state index contributed by atoms with van der Waals surface area (Å²) >= 11 is 0. The average Bonchev–Trinajstić information content (AvgIpc) is 2.85. The molecule has 1 aliphatic heterocycles. The fraction of sp³-hybridized carbons (Fsp3) is 0.360. The third-order valence-corrected chi connectivity index (χ3v) is 5.72. The van der Waals surface area contributed by atoms with E-state index >= 15 is 0 Å². The number of hydrogen-bond acceptors (Lipinski definition) is 5. The monoisotopic (exact) mass is 453 g/mol. The Kier molecular flexibility index (Phi) is 7.82. The van der Waals surface area contributed by atoms with Gasteiger partial charge < -0.3 is 29.7 Å². The Morgan fingerprint density at radius 3 is 2.39 bits per heavy atom. The predicted molar refractivity (Wildman–Crippen MR) is 126 cm³/mol. The number of nitrogens with zero attached hydrogens (tertiary/aromatic N) is 1. The number of amides is 3. The Labute approximate surface area is 194 Å². The van der Waals surface area contributed by atoms with Gasteiger partial charge in [0.15, 0.2) is 11.5 Å². The van der Waals surface area contributed by atoms with Crippen molar-refractivity contribution in [1.29, 1.82) is 0 Å². The average molecular weight is 454 g/mol. The summed E-state index contributed by atoms with van der Waals surface area (Å²) in [6.07, 6.45) is 2.24. The van der Waals surface area contributed by atoms with Crippen molar-refractivity contribution in [2.75, 3.05) is 34.4 Å². The van der Waals surface area contributed by atoms with E-state index < -0.39 is 6.04 Å². The van der Waals surface area contributed by atoms with Gasteiger partial charge in [-0.1, -0.05) is 18.2 Å². The molecule has 33 heavy (non-hydrogen) atoms. The molecule has 1 heterocycles. The van der Waals surface area contributed by atoms with Crippen LogP contribution >= 0.6 is 0 Å². The minimum Gasteiger partial charge on any atom is -0.497 e. The molecule has 2 atom stereocenters. The summed E-state index contributed by atoms with van der Waals surface area (Å²) < 4.78 is 16.3. The molecule has 1 aliphatic rings. The van der Waals surface area contributed by atoms with E-state index in [9.17, 15) is 9.59 Å². The van der Waals surface area contributed by atoms with Gasteiger partial charge in [0.25, 0.3) is 0 Å². The third kappa shape index (κ3) is 5.22. The number of carbonyl (C=O) groups is 2. The summed E-state index contributed by atoms with van der Waals surface area (Å²) in [5, 5.41) is 5.53. The molecule has 176 valence electrons. The molecule has 0 spiro atoms. The van der Waals surface area contributed by atoms with Gasteiger partial charge in [-0.15, -0.1) is 6.58 Å². The van der Waals surface area contributed by atoms with E-state index in [4.69, 9.17) is 14.2 Å². The summed E-state index contributed by atoms with van der Waals surface area (Å²) in [4.78, 5) is 27.3. The van der Waals surface area contributed by atoms with Crippen LogP contribution in [0.15, 0.2) is 49.1 Å². The zero-order valence-corrected chi connectivity index (χ0v) is 19.5. The summed E-state index contributed by atoms with van der Waals surface area (Å²) in [6, 6.07) is 10.1. The number of methoxy groups -OCH3 is 3. The fourth-order valence-corrected chi connectivity index (χ4v) is 3.97. The molecule has 0 radical (unpaired) electrons. The maximum atomic E-state index is 13.3. The van der Waals surface area contributed by atoms with Gasteiger partial charge in [0.1, 0.15) is 11.8 Å². The highest BCUT2D eigenvalue weighted by atomic mass is 16.5. The Balaban J connectivity index is 1.98. The quantitative estimate of drug-likeness (QED) is 0.600. The van der Waals surface area contributed by atoms with E-state index in [1.54, 1.807) is 39.2 Å². The first kappa shape index (κ1) is 24.0. The molecule has 0 fully saturated rings. The lowest BCUT2D eigenvalue weighted by Gasteiger charge is -2.38. The number of urea groups is 1. The first-order valence-corrected chi connectivity index (χ1v) is 10.8. The number of carbonyl (C=O) groups excluding carboxylic acids is 2. The molecule has 0 saturated carbocycles.